The molecule has 0 radical (unpaired) electrons. The maximum atomic E-state index is 5.57. The molecule has 2 aliphatic rings. The van der Waals surface area contributed by atoms with Crippen LogP contribution < -0.4 is 0 Å². The van der Waals surface area contributed by atoms with Crippen LogP contribution in [-0.4, -0.2) is 61.3 Å². The van der Waals surface area contributed by atoms with Crippen LogP contribution in [-0.2, 0) is 4.74 Å². The van der Waals surface area contributed by atoms with E-state index >= 15 is 0 Å². The number of fused-ring (bicyclic) bond motifs is 2. The van der Waals surface area contributed by atoms with Gasteiger partial charge in [0.15, 0.2) is 0 Å². The molecule has 0 aromatic rings. The fraction of sp³-hybridized carbons (Fsp3) is 1.00. The SMILES string of the molecule is CC(C)N1CC2COCC(C1)N2C. The van der Waals surface area contributed by atoms with Crippen molar-refractivity contribution in [1.29, 1.82) is 0 Å². The second-order valence-electron chi connectivity index (χ2n) is 4.56. The average molecular weight is 184 g/mol. The van der Waals surface area contributed by atoms with E-state index in [2.05, 4.69) is 30.7 Å². The first-order valence-electron chi connectivity index (χ1n) is 5.22. The van der Waals surface area contributed by atoms with Crippen LogP contribution in [0.5, 0.6) is 0 Å². The third-order valence-corrected chi connectivity index (χ3v) is 3.39. The Morgan fingerprint density at radius 1 is 1.15 bits per heavy atom. The molecule has 0 aromatic carbocycles. The molecule has 2 unspecified atom stereocenters. The summed E-state index contributed by atoms with van der Waals surface area (Å²) in [6, 6.07) is 1.92. The zero-order chi connectivity index (χ0) is 9.42. The van der Waals surface area contributed by atoms with Crippen molar-refractivity contribution < 1.29 is 4.74 Å². The van der Waals surface area contributed by atoms with Gasteiger partial charge in [0.05, 0.1) is 13.2 Å². The molecule has 2 saturated heterocycles. The van der Waals surface area contributed by atoms with Crippen molar-refractivity contribution in [2.24, 2.45) is 0 Å². The van der Waals surface area contributed by atoms with Gasteiger partial charge in [-0.3, -0.25) is 9.80 Å². The molecule has 2 heterocycles. The van der Waals surface area contributed by atoms with Crippen LogP contribution >= 0.6 is 0 Å². The van der Waals surface area contributed by atoms with Crippen molar-refractivity contribution >= 4 is 0 Å². The molecular formula is C10H20N2O. The number of ether oxygens (including phenoxy) is 1. The van der Waals surface area contributed by atoms with Gasteiger partial charge < -0.3 is 4.74 Å². The van der Waals surface area contributed by atoms with Crippen LogP contribution in [0.25, 0.3) is 0 Å². The summed E-state index contributed by atoms with van der Waals surface area (Å²) in [6.45, 7) is 8.73. The highest BCUT2D eigenvalue weighted by Crippen LogP contribution is 2.20. The maximum absolute atomic E-state index is 5.57. The number of nitrogens with zero attached hydrogens (tertiary/aromatic N) is 2. The largest absolute Gasteiger partial charge is 0.378 e. The number of hydrogen-bond acceptors (Lipinski definition) is 3. The van der Waals surface area contributed by atoms with Crippen LogP contribution in [0.2, 0.25) is 0 Å². The van der Waals surface area contributed by atoms with Gasteiger partial charge in [0.1, 0.15) is 0 Å². The van der Waals surface area contributed by atoms with Gasteiger partial charge >= 0.3 is 0 Å². The summed E-state index contributed by atoms with van der Waals surface area (Å²) < 4.78 is 5.57. The highest BCUT2D eigenvalue weighted by molar-refractivity contribution is 4.91. The Kier molecular flexibility index (Phi) is 2.58. The topological polar surface area (TPSA) is 15.7 Å². The Labute approximate surface area is 80.6 Å². The summed E-state index contributed by atoms with van der Waals surface area (Å²) in [5.74, 6) is 0. The smallest absolute Gasteiger partial charge is 0.0635 e. The van der Waals surface area contributed by atoms with Crippen molar-refractivity contribution in [2.75, 3.05) is 33.4 Å². The monoisotopic (exact) mass is 184 g/mol. The molecule has 2 atom stereocenters. The number of rotatable bonds is 1. The van der Waals surface area contributed by atoms with Crippen molar-refractivity contribution in [3.05, 3.63) is 0 Å². The first-order chi connectivity index (χ1) is 6.18. The minimum absolute atomic E-state index is 0.620. The van der Waals surface area contributed by atoms with E-state index in [4.69, 9.17) is 4.74 Å². The number of hydrogen-bond donors (Lipinski definition) is 0. The molecule has 0 N–H and O–H groups in total. The van der Waals surface area contributed by atoms with Crippen LogP contribution in [0, 0.1) is 0 Å². The zero-order valence-electron chi connectivity index (χ0n) is 8.86. The fourth-order valence-electron chi connectivity index (χ4n) is 2.27. The third kappa shape index (κ3) is 1.73. The molecule has 2 bridgehead atoms. The van der Waals surface area contributed by atoms with E-state index in [-0.39, 0.29) is 0 Å². The van der Waals surface area contributed by atoms with E-state index in [0.29, 0.717) is 18.1 Å². The van der Waals surface area contributed by atoms with Gasteiger partial charge in [-0.15, -0.1) is 0 Å². The summed E-state index contributed by atoms with van der Waals surface area (Å²) >= 11 is 0. The lowest BCUT2D eigenvalue weighted by atomic mass is 10.0. The van der Waals surface area contributed by atoms with E-state index in [1.807, 2.05) is 0 Å². The molecule has 0 aromatic heterocycles. The lowest BCUT2D eigenvalue weighted by Gasteiger charge is -2.49. The summed E-state index contributed by atoms with van der Waals surface area (Å²) in [5.41, 5.74) is 0. The average Bonchev–Trinajstić information content (AvgIpc) is 2.02. The predicted octanol–water partition coefficient (Wildman–Crippen LogP) is 0.410. The maximum Gasteiger partial charge on any atom is 0.0635 e. The van der Waals surface area contributed by atoms with E-state index < -0.39 is 0 Å². The lowest BCUT2D eigenvalue weighted by molar-refractivity contribution is -0.0910. The summed E-state index contributed by atoms with van der Waals surface area (Å²) in [5, 5.41) is 0. The summed E-state index contributed by atoms with van der Waals surface area (Å²) in [6.07, 6.45) is 0. The molecule has 76 valence electrons. The second-order valence-corrected chi connectivity index (χ2v) is 4.56. The van der Waals surface area contributed by atoms with Crippen molar-refractivity contribution in [3.8, 4) is 0 Å². The van der Waals surface area contributed by atoms with Gasteiger partial charge in [0.25, 0.3) is 0 Å². The van der Waals surface area contributed by atoms with E-state index in [1.165, 1.54) is 13.1 Å². The van der Waals surface area contributed by atoms with Crippen molar-refractivity contribution in [2.45, 2.75) is 32.0 Å². The van der Waals surface area contributed by atoms with Crippen molar-refractivity contribution in [1.82, 2.24) is 9.80 Å². The van der Waals surface area contributed by atoms with E-state index in [9.17, 15) is 0 Å². The van der Waals surface area contributed by atoms with Crippen LogP contribution in [0.4, 0.5) is 0 Å². The van der Waals surface area contributed by atoms with Gasteiger partial charge in [-0.05, 0) is 20.9 Å². The number of likely N-dealkylation sites (N-methyl/N-ethyl adjacent to an activating group) is 1. The quantitative estimate of drug-likeness (QED) is 0.587. The molecule has 0 amide bonds. The van der Waals surface area contributed by atoms with Gasteiger partial charge in [0.2, 0.25) is 0 Å². The van der Waals surface area contributed by atoms with Crippen LogP contribution in [0.15, 0.2) is 0 Å². The first kappa shape index (κ1) is 9.44. The standard InChI is InChI=1S/C10H20N2O/c1-8(2)12-4-9-6-13-7-10(5-12)11(9)3/h8-10H,4-7H2,1-3H3. The normalized spacial score (nSPS) is 36.9. The number of morpholine rings is 1. The Morgan fingerprint density at radius 3 is 2.15 bits per heavy atom. The molecule has 0 saturated carbocycles. The van der Waals surface area contributed by atoms with E-state index in [0.717, 1.165) is 13.2 Å². The first-order valence-corrected chi connectivity index (χ1v) is 5.22. The highest BCUT2D eigenvalue weighted by atomic mass is 16.5. The lowest BCUT2D eigenvalue weighted by Crippen LogP contribution is -2.64. The Balaban J connectivity index is 2.03. The molecule has 2 aliphatic heterocycles. The molecule has 2 fully saturated rings. The molecular weight excluding hydrogens is 164 g/mol. The molecule has 13 heavy (non-hydrogen) atoms. The summed E-state index contributed by atoms with van der Waals surface area (Å²) in [4.78, 5) is 5.06. The Morgan fingerprint density at radius 2 is 1.69 bits per heavy atom. The van der Waals surface area contributed by atoms with Gasteiger partial charge in [0, 0.05) is 31.2 Å². The molecule has 3 heteroatoms. The van der Waals surface area contributed by atoms with Gasteiger partial charge in [-0.2, -0.15) is 0 Å². The second kappa shape index (κ2) is 3.56. The molecule has 0 spiro atoms. The zero-order valence-corrected chi connectivity index (χ0v) is 8.86. The molecule has 2 rings (SSSR count). The minimum Gasteiger partial charge on any atom is -0.378 e. The van der Waals surface area contributed by atoms with Crippen molar-refractivity contribution in [3.63, 3.8) is 0 Å². The van der Waals surface area contributed by atoms with Gasteiger partial charge in [-0.1, -0.05) is 0 Å². The Bertz CT molecular complexity index is 170. The fourth-order valence-corrected chi connectivity index (χ4v) is 2.27. The predicted molar refractivity (Wildman–Crippen MR) is 52.9 cm³/mol. The van der Waals surface area contributed by atoms with E-state index in [1.54, 1.807) is 0 Å². The molecule has 3 nitrogen and oxygen atoms in total. The third-order valence-electron chi connectivity index (χ3n) is 3.39. The minimum atomic E-state index is 0.620. The van der Waals surface area contributed by atoms with Crippen LogP contribution in [0.1, 0.15) is 13.8 Å². The number of piperazine rings is 1. The highest BCUT2D eigenvalue weighted by Gasteiger charge is 2.36. The Hall–Kier alpha value is -0.120. The molecule has 0 aliphatic carbocycles. The summed E-state index contributed by atoms with van der Waals surface area (Å²) in [7, 11) is 2.23. The van der Waals surface area contributed by atoms with Gasteiger partial charge in [-0.25, -0.2) is 0 Å². The van der Waals surface area contributed by atoms with Crippen LogP contribution in [0.3, 0.4) is 0 Å².